The lowest BCUT2D eigenvalue weighted by Crippen LogP contribution is -2.40. The number of hydrogen-bond donors (Lipinski definition) is 0. The van der Waals surface area contributed by atoms with Crippen LogP contribution in [0.25, 0.3) is 0 Å². The predicted molar refractivity (Wildman–Crippen MR) is 127 cm³/mol. The third-order valence-corrected chi connectivity index (χ3v) is 9.53. The van der Waals surface area contributed by atoms with E-state index in [0.29, 0.717) is 11.4 Å². The summed E-state index contributed by atoms with van der Waals surface area (Å²) < 4.78 is 56.1. The molecule has 33 heavy (non-hydrogen) atoms. The quantitative estimate of drug-likeness (QED) is 0.435. The van der Waals surface area contributed by atoms with Crippen molar-refractivity contribution in [3.05, 3.63) is 81.5 Å². The van der Waals surface area contributed by atoms with Crippen molar-refractivity contribution in [2.45, 2.75) is 29.0 Å². The van der Waals surface area contributed by atoms with Crippen LogP contribution in [-0.2, 0) is 26.2 Å². The van der Waals surface area contributed by atoms with Gasteiger partial charge in [0.2, 0.25) is 14.9 Å². The van der Waals surface area contributed by atoms with Crippen LogP contribution in [-0.4, -0.2) is 45.2 Å². The molecule has 0 saturated carbocycles. The van der Waals surface area contributed by atoms with E-state index in [2.05, 4.69) is 15.9 Å². The molecule has 1 saturated heterocycles. The number of benzene rings is 2. The molecular formula is C22H19BrClNO6S2. The Kier molecular flexibility index (Phi) is 6.73. The molecule has 2 heterocycles. The minimum atomic E-state index is -3.96. The van der Waals surface area contributed by atoms with Crippen molar-refractivity contribution < 1.29 is 26.0 Å². The van der Waals surface area contributed by atoms with Crippen molar-refractivity contribution in [1.82, 2.24) is 4.90 Å². The minimum Gasteiger partial charge on any atom is -0.439 e. The van der Waals surface area contributed by atoms with Crippen molar-refractivity contribution in [2.24, 2.45) is 0 Å². The molecule has 7 nitrogen and oxygen atoms in total. The molecule has 1 amide bonds. The largest absolute Gasteiger partial charge is 0.439 e. The Morgan fingerprint density at radius 3 is 2.33 bits per heavy atom. The second-order valence-corrected chi connectivity index (χ2v) is 13.2. The molecule has 0 N–H and O–H groups in total. The Morgan fingerprint density at radius 1 is 1.06 bits per heavy atom. The third kappa shape index (κ3) is 5.34. The lowest BCUT2D eigenvalue weighted by molar-refractivity contribution is 0.0642. The first kappa shape index (κ1) is 24.0. The number of sulfone groups is 2. The smallest absolute Gasteiger partial charge is 0.290 e. The number of rotatable bonds is 6. The maximum Gasteiger partial charge on any atom is 0.290 e. The Bertz CT molecular complexity index is 1380. The average molecular weight is 573 g/mol. The molecular weight excluding hydrogens is 554 g/mol. The predicted octanol–water partition coefficient (Wildman–Crippen LogP) is 4.36. The average Bonchev–Trinajstić information content (AvgIpc) is 3.40. The zero-order valence-electron chi connectivity index (χ0n) is 17.1. The van der Waals surface area contributed by atoms with E-state index in [1.54, 1.807) is 36.4 Å². The van der Waals surface area contributed by atoms with Crippen LogP contribution in [0.4, 0.5) is 0 Å². The van der Waals surface area contributed by atoms with Crippen molar-refractivity contribution in [3.63, 3.8) is 0 Å². The van der Waals surface area contributed by atoms with E-state index >= 15 is 0 Å². The van der Waals surface area contributed by atoms with Crippen LogP contribution in [0.5, 0.6) is 0 Å². The van der Waals surface area contributed by atoms with Gasteiger partial charge in [0.1, 0.15) is 0 Å². The third-order valence-electron chi connectivity index (χ3n) is 5.36. The molecule has 11 heteroatoms. The van der Waals surface area contributed by atoms with Gasteiger partial charge in [-0.25, -0.2) is 16.8 Å². The fourth-order valence-electron chi connectivity index (χ4n) is 3.63. The maximum atomic E-state index is 13.3. The first-order valence-electron chi connectivity index (χ1n) is 9.91. The van der Waals surface area contributed by atoms with Gasteiger partial charge in [-0.15, -0.1) is 0 Å². The Labute approximate surface area is 205 Å². The molecule has 0 bridgehead atoms. The van der Waals surface area contributed by atoms with Gasteiger partial charge in [-0.3, -0.25) is 4.79 Å². The van der Waals surface area contributed by atoms with Crippen molar-refractivity contribution in [2.75, 3.05) is 11.5 Å². The topological polar surface area (TPSA) is 102 Å². The van der Waals surface area contributed by atoms with E-state index in [9.17, 15) is 21.6 Å². The van der Waals surface area contributed by atoms with Crippen LogP contribution in [0.15, 0.2) is 79.5 Å². The van der Waals surface area contributed by atoms with E-state index in [-0.39, 0.29) is 33.8 Å². The summed E-state index contributed by atoms with van der Waals surface area (Å²) in [5.74, 6) is -0.922. The van der Waals surface area contributed by atoms with E-state index in [1.165, 1.54) is 29.2 Å². The summed E-state index contributed by atoms with van der Waals surface area (Å²) in [7, 11) is -7.22. The van der Waals surface area contributed by atoms with Crippen LogP contribution in [0.3, 0.4) is 0 Å². The molecule has 1 fully saturated rings. The molecule has 3 aromatic rings. The van der Waals surface area contributed by atoms with Gasteiger partial charge in [0.05, 0.1) is 16.4 Å². The molecule has 4 rings (SSSR count). The molecule has 0 radical (unpaired) electrons. The summed E-state index contributed by atoms with van der Waals surface area (Å²) in [5, 5.41) is 0.174. The molecule has 174 valence electrons. The van der Waals surface area contributed by atoms with E-state index in [0.717, 1.165) is 10.0 Å². The highest BCUT2D eigenvalue weighted by Gasteiger charge is 2.36. The Balaban J connectivity index is 1.64. The highest BCUT2D eigenvalue weighted by molar-refractivity contribution is 9.10. The number of carbonyl (C=O) groups is 1. The monoisotopic (exact) mass is 571 g/mol. The maximum absolute atomic E-state index is 13.3. The van der Waals surface area contributed by atoms with Gasteiger partial charge in [0, 0.05) is 22.1 Å². The van der Waals surface area contributed by atoms with E-state index in [1.807, 2.05) is 0 Å². The van der Waals surface area contributed by atoms with Crippen molar-refractivity contribution in [1.29, 1.82) is 0 Å². The molecule has 1 aliphatic heterocycles. The van der Waals surface area contributed by atoms with Gasteiger partial charge in [-0.05, 0) is 60.5 Å². The van der Waals surface area contributed by atoms with Crippen LogP contribution >= 0.6 is 27.5 Å². The minimum absolute atomic E-state index is 0.0105. The Hall–Kier alpha value is -2.14. The van der Waals surface area contributed by atoms with Gasteiger partial charge < -0.3 is 9.32 Å². The Morgan fingerprint density at radius 2 is 1.73 bits per heavy atom. The normalized spacial score (nSPS) is 17.7. The first-order valence-corrected chi connectivity index (χ1v) is 14.4. The summed E-state index contributed by atoms with van der Waals surface area (Å²) >= 11 is 9.20. The van der Waals surface area contributed by atoms with Crippen molar-refractivity contribution in [3.8, 4) is 0 Å². The lowest BCUT2D eigenvalue weighted by atomic mass is 10.1. The zero-order chi connectivity index (χ0) is 23.8. The standard InChI is InChI=1S/C22H19BrClNO6S2/c23-16-3-7-19(8-4-16)33(29,30)21-10-9-20(31-21)22(26)25(18-11-12-32(27,28)14-18)13-15-1-5-17(24)6-2-15/h1-10,18H,11-14H2/t18-/m0/s1. The van der Waals surface area contributed by atoms with Crippen LogP contribution in [0.2, 0.25) is 5.02 Å². The van der Waals surface area contributed by atoms with E-state index < -0.39 is 31.6 Å². The molecule has 1 atom stereocenters. The number of furan rings is 1. The molecule has 1 aliphatic rings. The van der Waals surface area contributed by atoms with Crippen molar-refractivity contribution >= 4 is 53.1 Å². The van der Waals surface area contributed by atoms with Gasteiger partial charge in [-0.1, -0.05) is 39.7 Å². The summed E-state index contributed by atoms with van der Waals surface area (Å²) in [4.78, 5) is 14.8. The summed E-state index contributed by atoms with van der Waals surface area (Å²) in [6, 6.07) is 14.9. The molecule has 0 unspecified atom stereocenters. The van der Waals surface area contributed by atoms with Gasteiger partial charge in [0.15, 0.2) is 15.6 Å². The summed E-state index contributed by atoms with van der Waals surface area (Å²) in [6.07, 6.45) is 0.298. The number of nitrogens with zero attached hydrogens (tertiary/aromatic N) is 1. The van der Waals surface area contributed by atoms with Gasteiger partial charge in [-0.2, -0.15) is 0 Å². The molecule has 2 aromatic carbocycles. The van der Waals surface area contributed by atoms with Gasteiger partial charge >= 0.3 is 0 Å². The zero-order valence-corrected chi connectivity index (χ0v) is 21.1. The summed E-state index contributed by atoms with van der Waals surface area (Å²) in [6.45, 7) is 0.131. The first-order chi connectivity index (χ1) is 15.5. The summed E-state index contributed by atoms with van der Waals surface area (Å²) in [5.41, 5.74) is 0.756. The number of carbonyl (C=O) groups excluding carboxylic acids is 1. The fraction of sp³-hybridized carbons (Fsp3) is 0.227. The molecule has 1 aromatic heterocycles. The number of amides is 1. The van der Waals surface area contributed by atoms with Crippen LogP contribution in [0.1, 0.15) is 22.5 Å². The van der Waals surface area contributed by atoms with Crippen LogP contribution in [0, 0.1) is 0 Å². The van der Waals surface area contributed by atoms with Gasteiger partial charge in [0.25, 0.3) is 5.91 Å². The van der Waals surface area contributed by atoms with Crippen LogP contribution < -0.4 is 0 Å². The lowest BCUT2D eigenvalue weighted by Gasteiger charge is -2.27. The number of halogens is 2. The SMILES string of the molecule is O=C(c1ccc(S(=O)(=O)c2ccc(Br)cc2)o1)N(Cc1ccc(Cl)cc1)[C@H]1CCS(=O)(=O)C1. The number of hydrogen-bond acceptors (Lipinski definition) is 6. The fourth-order valence-corrected chi connectivity index (χ4v) is 6.92. The molecule has 0 aliphatic carbocycles. The highest BCUT2D eigenvalue weighted by Crippen LogP contribution is 2.27. The second kappa shape index (κ2) is 9.25. The second-order valence-electron chi connectivity index (χ2n) is 7.69. The highest BCUT2D eigenvalue weighted by atomic mass is 79.9. The molecule has 0 spiro atoms. The van der Waals surface area contributed by atoms with E-state index in [4.69, 9.17) is 16.0 Å².